The molecule has 0 saturated carbocycles. The highest BCUT2D eigenvalue weighted by molar-refractivity contribution is 9.10. The predicted octanol–water partition coefficient (Wildman–Crippen LogP) is 5.88. The third kappa shape index (κ3) is 2.56. The van der Waals surface area contributed by atoms with Crippen molar-refractivity contribution in [2.24, 2.45) is 0 Å². The highest BCUT2D eigenvalue weighted by atomic mass is 79.9. The summed E-state index contributed by atoms with van der Waals surface area (Å²) in [5.74, 6) is 0.180. The molecule has 3 aromatic rings. The third-order valence-corrected chi connectivity index (χ3v) is 4.16. The molecule has 0 aliphatic carbocycles. The molecule has 2 aromatic carbocycles. The van der Waals surface area contributed by atoms with Crippen LogP contribution < -0.4 is 0 Å². The SMILES string of the molecule is CC(Cl)c1nc2c(F)cccc2n1-c1ccc(Br)cc1Cl. The molecule has 0 spiro atoms. The van der Waals surface area contributed by atoms with Crippen LogP contribution in [-0.4, -0.2) is 9.55 Å². The van der Waals surface area contributed by atoms with Gasteiger partial charge in [-0.15, -0.1) is 11.6 Å². The molecule has 0 aliphatic heterocycles. The van der Waals surface area contributed by atoms with Crippen molar-refractivity contribution in [3.8, 4) is 5.69 Å². The first-order chi connectivity index (χ1) is 9.99. The van der Waals surface area contributed by atoms with Gasteiger partial charge in [0.15, 0.2) is 5.82 Å². The summed E-state index contributed by atoms with van der Waals surface area (Å²) in [6.07, 6.45) is 0. The molecule has 0 amide bonds. The molecule has 2 nitrogen and oxygen atoms in total. The van der Waals surface area contributed by atoms with E-state index in [2.05, 4.69) is 20.9 Å². The van der Waals surface area contributed by atoms with E-state index in [1.54, 1.807) is 29.7 Å². The maximum atomic E-state index is 14.0. The van der Waals surface area contributed by atoms with Crippen LogP contribution in [0.4, 0.5) is 4.39 Å². The van der Waals surface area contributed by atoms with Crippen LogP contribution in [0.2, 0.25) is 5.02 Å². The zero-order valence-electron chi connectivity index (χ0n) is 10.9. The van der Waals surface area contributed by atoms with Gasteiger partial charge in [-0.1, -0.05) is 33.6 Å². The maximum absolute atomic E-state index is 14.0. The lowest BCUT2D eigenvalue weighted by Crippen LogP contribution is -2.02. The average molecular weight is 388 g/mol. The van der Waals surface area contributed by atoms with E-state index in [-0.39, 0.29) is 11.2 Å². The van der Waals surface area contributed by atoms with Gasteiger partial charge in [-0.3, -0.25) is 4.57 Å². The molecule has 0 radical (unpaired) electrons. The Bertz CT molecular complexity index is 830. The van der Waals surface area contributed by atoms with Crippen LogP contribution >= 0.6 is 39.1 Å². The van der Waals surface area contributed by atoms with Gasteiger partial charge in [-0.05, 0) is 37.3 Å². The Morgan fingerprint density at radius 2 is 2.05 bits per heavy atom. The van der Waals surface area contributed by atoms with Crippen molar-refractivity contribution >= 4 is 50.2 Å². The van der Waals surface area contributed by atoms with Gasteiger partial charge in [0.05, 0.1) is 21.6 Å². The fourth-order valence-corrected chi connectivity index (χ4v) is 3.17. The van der Waals surface area contributed by atoms with Gasteiger partial charge in [-0.25, -0.2) is 9.37 Å². The number of nitrogens with zero attached hydrogens (tertiary/aromatic N) is 2. The predicted molar refractivity (Wildman–Crippen MR) is 88.0 cm³/mol. The van der Waals surface area contributed by atoms with Crippen LogP contribution in [0.5, 0.6) is 0 Å². The van der Waals surface area contributed by atoms with E-state index in [4.69, 9.17) is 23.2 Å². The molecule has 0 saturated heterocycles. The second-order valence-corrected chi connectivity index (χ2v) is 6.60. The summed E-state index contributed by atoms with van der Waals surface area (Å²) < 4.78 is 16.6. The molecule has 0 fully saturated rings. The molecular formula is C15H10BrCl2FN2. The quantitative estimate of drug-likeness (QED) is 0.502. The van der Waals surface area contributed by atoms with Crippen molar-refractivity contribution < 1.29 is 4.39 Å². The zero-order chi connectivity index (χ0) is 15.1. The molecule has 1 aromatic heterocycles. The lowest BCUT2D eigenvalue weighted by atomic mass is 10.2. The monoisotopic (exact) mass is 386 g/mol. The first-order valence-corrected chi connectivity index (χ1v) is 7.86. The molecule has 1 unspecified atom stereocenters. The van der Waals surface area contributed by atoms with Crippen molar-refractivity contribution in [1.29, 1.82) is 0 Å². The Morgan fingerprint density at radius 1 is 1.29 bits per heavy atom. The second-order valence-electron chi connectivity index (χ2n) is 4.62. The van der Waals surface area contributed by atoms with E-state index in [1.165, 1.54) is 6.07 Å². The summed E-state index contributed by atoms with van der Waals surface area (Å²) in [4.78, 5) is 4.34. The third-order valence-electron chi connectivity index (χ3n) is 3.17. The molecule has 21 heavy (non-hydrogen) atoms. The van der Waals surface area contributed by atoms with Crippen LogP contribution in [0.15, 0.2) is 40.9 Å². The summed E-state index contributed by atoms with van der Waals surface area (Å²) in [6, 6.07) is 10.3. The summed E-state index contributed by atoms with van der Waals surface area (Å²) in [5.41, 5.74) is 1.65. The van der Waals surface area contributed by atoms with Gasteiger partial charge in [0, 0.05) is 4.47 Å². The fourth-order valence-electron chi connectivity index (χ4n) is 2.27. The Kier molecular flexibility index (Phi) is 3.95. The maximum Gasteiger partial charge on any atom is 0.151 e. The van der Waals surface area contributed by atoms with Crippen LogP contribution in [0.1, 0.15) is 18.1 Å². The van der Waals surface area contributed by atoms with Crippen molar-refractivity contribution in [2.75, 3.05) is 0 Å². The number of alkyl halides is 1. The van der Waals surface area contributed by atoms with Gasteiger partial charge in [0.1, 0.15) is 11.3 Å². The fraction of sp³-hybridized carbons (Fsp3) is 0.133. The van der Waals surface area contributed by atoms with Gasteiger partial charge in [0.25, 0.3) is 0 Å². The second kappa shape index (κ2) is 5.59. The number of hydrogen-bond donors (Lipinski definition) is 0. The summed E-state index contributed by atoms with van der Waals surface area (Å²) in [5, 5.41) is 0.156. The van der Waals surface area contributed by atoms with Gasteiger partial charge >= 0.3 is 0 Å². The Labute approximate surface area is 139 Å². The summed E-state index contributed by atoms with van der Waals surface area (Å²) >= 11 is 15.9. The number of fused-ring (bicyclic) bond motifs is 1. The van der Waals surface area contributed by atoms with E-state index in [0.29, 0.717) is 21.9 Å². The van der Waals surface area contributed by atoms with Crippen molar-refractivity contribution in [2.45, 2.75) is 12.3 Å². The standard InChI is InChI=1S/C15H10BrCl2FN2/c1-8(17)15-20-14-11(19)3-2-4-13(14)21(15)12-6-5-9(16)7-10(12)18/h2-8H,1H3. The first kappa shape index (κ1) is 14.8. The summed E-state index contributed by atoms with van der Waals surface area (Å²) in [6.45, 7) is 1.80. The van der Waals surface area contributed by atoms with Crippen LogP contribution in [-0.2, 0) is 0 Å². The minimum Gasteiger partial charge on any atom is -0.293 e. The molecule has 0 aliphatic rings. The Balaban J connectivity index is 2.39. The van der Waals surface area contributed by atoms with Crippen LogP contribution in [0.3, 0.4) is 0 Å². The minimum atomic E-state index is -0.378. The average Bonchev–Trinajstić information content (AvgIpc) is 2.80. The number of halogens is 4. The van der Waals surface area contributed by atoms with Crippen LogP contribution in [0, 0.1) is 5.82 Å². The molecular weight excluding hydrogens is 378 g/mol. The number of hydrogen-bond acceptors (Lipinski definition) is 1. The van der Waals surface area contributed by atoms with Gasteiger partial charge in [-0.2, -0.15) is 0 Å². The topological polar surface area (TPSA) is 17.8 Å². The molecule has 1 atom stereocenters. The minimum absolute atomic E-state index is 0.291. The Morgan fingerprint density at radius 3 is 2.71 bits per heavy atom. The Hall–Kier alpha value is -1.10. The highest BCUT2D eigenvalue weighted by Gasteiger charge is 2.19. The smallest absolute Gasteiger partial charge is 0.151 e. The van der Waals surface area contributed by atoms with E-state index < -0.39 is 0 Å². The molecule has 0 bridgehead atoms. The first-order valence-electron chi connectivity index (χ1n) is 6.25. The van der Waals surface area contributed by atoms with Crippen LogP contribution in [0.25, 0.3) is 16.7 Å². The normalized spacial score (nSPS) is 12.8. The van der Waals surface area contributed by atoms with Gasteiger partial charge in [0.2, 0.25) is 0 Å². The largest absolute Gasteiger partial charge is 0.293 e. The summed E-state index contributed by atoms with van der Waals surface area (Å²) in [7, 11) is 0. The number of para-hydroxylation sites is 1. The molecule has 1 heterocycles. The van der Waals surface area contributed by atoms with E-state index in [0.717, 1.165) is 10.2 Å². The molecule has 108 valence electrons. The van der Waals surface area contributed by atoms with Crippen molar-refractivity contribution in [3.05, 3.63) is 57.5 Å². The number of benzene rings is 2. The highest BCUT2D eigenvalue weighted by Crippen LogP contribution is 2.33. The number of rotatable bonds is 2. The van der Waals surface area contributed by atoms with Gasteiger partial charge < -0.3 is 0 Å². The van der Waals surface area contributed by atoms with E-state index in [1.807, 2.05) is 12.1 Å². The number of imidazole rings is 1. The zero-order valence-corrected chi connectivity index (χ0v) is 14.0. The number of aromatic nitrogens is 2. The van der Waals surface area contributed by atoms with E-state index in [9.17, 15) is 4.39 Å². The van der Waals surface area contributed by atoms with Crippen molar-refractivity contribution in [3.63, 3.8) is 0 Å². The van der Waals surface area contributed by atoms with E-state index >= 15 is 0 Å². The molecule has 0 N–H and O–H groups in total. The molecule has 6 heteroatoms. The lowest BCUT2D eigenvalue weighted by Gasteiger charge is -2.12. The molecule has 3 rings (SSSR count). The lowest BCUT2D eigenvalue weighted by molar-refractivity contribution is 0.637. The van der Waals surface area contributed by atoms with Crippen molar-refractivity contribution in [1.82, 2.24) is 9.55 Å².